The van der Waals surface area contributed by atoms with Gasteiger partial charge in [-0.15, -0.1) is 0 Å². The van der Waals surface area contributed by atoms with Crippen LogP contribution >= 0.6 is 0 Å². The maximum absolute atomic E-state index is 12.7. The van der Waals surface area contributed by atoms with Gasteiger partial charge >= 0.3 is 0 Å². The van der Waals surface area contributed by atoms with E-state index in [2.05, 4.69) is 36.5 Å². The molecule has 2 heterocycles. The highest BCUT2D eigenvalue weighted by Gasteiger charge is 2.55. The lowest BCUT2D eigenvalue weighted by Crippen LogP contribution is -2.46. The van der Waals surface area contributed by atoms with Crippen molar-refractivity contribution >= 4 is 17.3 Å². The molecule has 2 aliphatic carbocycles. The molecule has 1 N–H and O–H groups in total. The Balaban J connectivity index is 1.13. The molecule has 1 saturated carbocycles. The quantitative estimate of drug-likeness (QED) is 0.529. The first-order valence-electron chi connectivity index (χ1n) is 14.4. The number of morpholine rings is 1. The number of nitrogens with one attached hydrogen (secondary N) is 1. The monoisotopic (exact) mass is 513 g/mol. The van der Waals surface area contributed by atoms with Gasteiger partial charge in [-0.1, -0.05) is 12.1 Å². The van der Waals surface area contributed by atoms with Crippen LogP contribution < -0.4 is 5.32 Å². The number of amides is 1. The molecule has 6 nitrogen and oxygen atoms in total. The van der Waals surface area contributed by atoms with E-state index < -0.39 is 0 Å². The van der Waals surface area contributed by atoms with Crippen molar-refractivity contribution in [3.63, 3.8) is 0 Å². The van der Waals surface area contributed by atoms with Gasteiger partial charge in [0.05, 0.1) is 37.1 Å². The largest absolute Gasteiger partial charge is 0.378 e. The number of ether oxygens (including phenoxy) is 2. The standard InChI is InChI=1S/C32H39N3O3/c1-32-13-12-28-27-11-9-26(34-25-6-2-4-22(18-25)20-33)19-23(27)8-10-29(28)31(32)24(21-38-32)5-3-7-30(36)35-14-16-37-17-15-35/h2,4,6,9,11,18-19,24,28-29,31,34H,3,5,7-8,10,12-17,21H2,1H3/t24-,28?,29?,31?,32-/m0/s1. The van der Waals surface area contributed by atoms with Crippen molar-refractivity contribution < 1.29 is 14.3 Å². The molecule has 4 aliphatic rings. The van der Waals surface area contributed by atoms with E-state index in [1.54, 1.807) is 0 Å². The second-order valence-corrected chi connectivity index (χ2v) is 11.9. The molecule has 6 heteroatoms. The molecule has 1 amide bonds. The molecular formula is C32H39N3O3. The maximum atomic E-state index is 12.7. The van der Waals surface area contributed by atoms with Crippen LogP contribution in [0.15, 0.2) is 42.5 Å². The fourth-order valence-electron chi connectivity index (χ4n) is 7.88. The number of aryl methyl sites for hydroxylation is 1. The molecule has 200 valence electrons. The maximum Gasteiger partial charge on any atom is 0.222 e. The molecule has 2 aromatic carbocycles. The van der Waals surface area contributed by atoms with Gasteiger partial charge in [0.2, 0.25) is 5.91 Å². The summed E-state index contributed by atoms with van der Waals surface area (Å²) in [4.78, 5) is 14.6. The van der Waals surface area contributed by atoms with Gasteiger partial charge in [0.15, 0.2) is 0 Å². The average molecular weight is 514 g/mol. The minimum absolute atomic E-state index is 0.0230. The number of anilines is 2. The summed E-state index contributed by atoms with van der Waals surface area (Å²) in [6, 6.07) is 16.7. The van der Waals surface area contributed by atoms with Crippen LogP contribution in [0.1, 0.15) is 68.1 Å². The lowest BCUT2D eigenvalue weighted by molar-refractivity contribution is -0.135. The van der Waals surface area contributed by atoms with Gasteiger partial charge in [-0.3, -0.25) is 4.79 Å². The van der Waals surface area contributed by atoms with Crippen LogP contribution in [0.25, 0.3) is 0 Å². The molecule has 2 saturated heterocycles. The summed E-state index contributed by atoms with van der Waals surface area (Å²) >= 11 is 0. The van der Waals surface area contributed by atoms with Gasteiger partial charge in [0, 0.05) is 30.9 Å². The van der Waals surface area contributed by atoms with E-state index in [9.17, 15) is 10.1 Å². The molecular weight excluding hydrogens is 474 g/mol. The van der Waals surface area contributed by atoms with Crippen molar-refractivity contribution in [3.8, 4) is 6.07 Å². The number of carbonyl (C=O) groups is 1. The average Bonchev–Trinajstić information content (AvgIpc) is 3.29. The number of fused-ring (bicyclic) bond motifs is 5. The number of carbonyl (C=O) groups excluding carboxylic acids is 1. The number of hydrogen-bond acceptors (Lipinski definition) is 5. The van der Waals surface area contributed by atoms with Gasteiger partial charge in [0.25, 0.3) is 0 Å². The fraction of sp³-hybridized carbons (Fsp3) is 0.562. The van der Waals surface area contributed by atoms with E-state index in [4.69, 9.17) is 9.47 Å². The van der Waals surface area contributed by atoms with Gasteiger partial charge in [-0.25, -0.2) is 0 Å². The van der Waals surface area contributed by atoms with E-state index in [0.717, 1.165) is 56.8 Å². The topological polar surface area (TPSA) is 74.6 Å². The lowest BCUT2D eigenvalue weighted by Gasteiger charge is -2.49. The second kappa shape index (κ2) is 10.7. The molecule has 2 aromatic rings. The van der Waals surface area contributed by atoms with Crippen LogP contribution in [0.3, 0.4) is 0 Å². The van der Waals surface area contributed by atoms with Crippen LogP contribution in [0, 0.1) is 29.1 Å². The van der Waals surface area contributed by atoms with Crippen molar-refractivity contribution in [2.75, 3.05) is 38.2 Å². The van der Waals surface area contributed by atoms with Crippen molar-refractivity contribution in [2.24, 2.45) is 17.8 Å². The first-order valence-corrected chi connectivity index (χ1v) is 14.4. The summed E-state index contributed by atoms with van der Waals surface area (Å²) < 4.78 is 11.9. The Labute approximate surface area is 226 Å². The minimum Gasteiger partial charge on any atom is -0.378 e. The molecule has 0 aromatic heterocycles. The number of hydrogen-bond donors (Lipinski definition) is 1. The summed E-state index contributed by atoms with van der Waals surface area (Å²) in [5.74, 6) is 2.63. The zero-order valence-corrected chi connectivity index (χ0v) is 22.5. The molecule has 38 heavy (non-hydrogen) atoms. The predicted molar refractivity (Wildman–Crippen MR) is 147 cm³/mol. The molecule has 5 atom stereocenters. The third-order valence-corrected chi connectivity index (χ3v) is 9.67. The fourth-order valence-corrected chi connectivity index (χ4v) is 7.88. The van der Waals surface area contributed by atoms with Crippen molar-refractivity contribution in [2.45, 2.75) is 63.4 Å². The molecule has 6 rings (SSSR count). The molecule has 0 radical (unpaired) electrons. The SMILES string of the molecule is C[C@]12CCC3c4ccc(Nc5cccc(C#N)c5)cc4CCC3C1[C@@H](CCCC(=O)N1CCOCC1)CO2. The van der Waals surface area contributed by atoms with E-state index in [0.29, 0.717) is 48.9 Å². The summed E-state index contributed by atoms with van der Waals surface area (Å²) in [7, 11) is 0. The highest BCUT2D eigenvalue weighted by atomic mass is 16.5. The van der Waals surface area contributed by atoms with Crippen LogP contribution in [0.4, 0.5) is 11.4 Å². The highest BCUT2D eigenvalue weighted by Crippen LogP contribution is 2.58. The molecule has 2 aliphatic heterocycles. The first-order chi connectivity index (χ1) is 18.5. The van der Waals surface area contributed by atoms with Gasteiger partial charge < -0.3 is 19.7 Å². The number of nitrogens with zero attached hydrogens (tertiary/aromatic N) is 2. The van der Waals surface area contributed by atoms with E-state index >= 15 is 0 Å². The summed E-state index contributed by atoms with van der Waals surface area (Å²) in [5.41, 5.74) is 5.66. The van der Waals surface area contributed by atoms with E-state index in [1.165, 1.54) is 24.0 Å². The highest BCUT2D eigenvalue weighted by molar-refractivity contribution is 5.76. The Hall–Kier alpha value is -2.88. The Bertz CT molecular complexity index is 1220. The Kier molecular flexibility index (Phi) is 7.16. The van der Waals surface area contributed by atoms with Crippen LogP contribution in [0.2, 0.25) is 0 Å². The minimum atomic E-state index is -0.0230. The molecule has 3 unspecified atom stereocenters. The number of rotatable bonds is 6. The van der Waals surface area contributed by atoms with E-state index in [1.807, 2.05) is 29.2 Å². The first kappa shape index (κ1) is 25.4. The van der Waals surface area contributed by atoms with Gasteiger partial charge in [-0.2, -0.15) is 5.26 Å². The third-order valence-electron chi connectivity index (χ3n) is 9.67. The number of nitriles is 1. The van der Waals surface area contributed by atoms with Gasteiger partial charge in [0.1, 0.15) is 0 Å². The van der Waals surface area contributed by atoms with Crippen molar-refractivity contribution in [3.05, 3.63) is 59.2 Å². The van der Waals surface area contributed by atoms with Gasteiger partial charge in [-0.05, 0) is 111 Å². The molecule has 0 bridgehead atoms. The molecule has 0 spiro atoms. The van der Waals surface area contributed by atoms with Crippen molar-refractivity contribution in [1.29, 1.82) is 5.26 Å². The number of benzene rings is 2. The Morgan fingerprint density at radius 2 is 2.00 bits per heavy atom. The lowest BCUT2D eigenvalue weighted by atomic mass is 9.56. The molecule has 3 fully saturated rings. The Morgan fingerprint density at radius 1 is 1.16 bits per heavy atom. The van der Waals surface area contributed by atoms with Crippen molar-refractivity contribution in [1.82, 2.24) is 4.90 Å². The Morgan fingerprint density at radius 3 is 2.84 bits per heavy atom. The summed E-state index contributed by atoms with van der Waals surface area (Å²) in [6.45, 7) is 5.99. The van der Waals surface area contributed by atoms with Crippen LogP contribution in [-0.2, 0) is 20.7 Å². The van der Waals surface area contributed by atoms with E-state index in [-0.39, 0.29) is 11.5 Å². The third kappa shape index (κ3) is 4.95. The smallest absolute Gasteiger partial charge is 0.222 e. The second-order valence-electron chi connectivity index (χ2n) is 11.9. The predicted octanol–water partition coefficient (Wildman–Crippen LogP) is 5.79. The normalized spacial score (nSPS) is 30.1. The van der Waals surface area contributed by atoms with Crippen LogP contribution in [0.5, 0.6) is 0 Å². The zero-order valence-electron chi connectivity index (χ0n) is 22.5. The summed E-state index contributed by atoms with van der Waals surface area (Å²) in [6.07, 6.45) is 7.27. The van der Waals surface area contributed by atoms with Crippen LogP contribution in [-0.4, -0.2) is 49.3 Å². The summed E-state index contributed by atoms with van der Waals surface area (Å²) in [5, 5.41) is 12.7. The zero-order chi connectivity index (χ0) is 26.1.